The summed E-state index contributed by atoms with van der Waals surface area (Å²) in [6, 6.07) is 10.1. The van der Waals surface area contributed by atoms with E-state index in [9.17, 15) is 4.79 Å². The minimum Gasteiger partial charge on any atom is -0.310 e. The van der Waals surface area contributed by atoms with E-state index in [0.29, 0.717) is 5.78 Å². The predicted octanol–water partition coefficient (Wildman–Crippen LogP) is 2.63. The van der Waals surface area contributed by atoms with Crippen LogP contribution in [0.4, 0.5) is 0 Å². The number of hydrogen-bond donors (Lipinski definition) is 0. The molecule has 0 N–H and O–H groups in total. The number of Topliss-reactive ketones (excluding diaryl/α,β-unsaturated/α-hetero) is 1. The third-order valence-corrected chi connectivity index (χ3v) is 3.30. The third kappa shape index (κ3) is 3.96. The van der Waals surface area contributed by atoms with Crippen molar-refractivity contribution in [2.24, 2.45) is 0 Å². The molecule has 0 bridgehead atoms. The number of hydrogen-bond acceptors (Lipinski definition) is 3. The molecule has 1 unspecified atom stereocenters. The standard InChI is InChI=1S/C12H14O.C2H5BO2/c13-12-9-5-4-8-11(12)10-6-2-1-3-7-10;1-2-4-5-3-1/h1-3,6-7,11H,4-5,8-9H2;3H,1-2H2. The van der Waals surface area contributed by atoms with Gasteiger partial charge in [0.15, 0.2) is 0 Å². The minimum absolute atomic E-state index is 0.190. The number of ketones is 1. The molecular formula is C14H19BO3. The molecular weight excluding hydrogens is 227 g/mol. The Morgan fingerprint density at radius 2 is 2.00 bits per heavy atom. The first-order valence-electron chi connectivity index (χ1n) is 6.70. The van der Waals surface area contributed by atoms with Crippen LogP contribution in [0.2, 0.25) is 6.32 Å². The van der Waals surface area contributed by atoms with Crippen LogP contribution < -0.4 is 0 Å². The lowest BCUT2D eigenvalue weighted by Gasteiger charge is -2.20. The van der Waals surface area contributed by atoms with Gasteiger partial charge in [-0.3, -0.25) is 9.68 Å². The second kappa shape index (κ2) is 7.34. The van der Waals surface area contributed by atoms with Gasteiger partial charge in [0.25, 0.3) is 0 Å². The maximum absolute atomic E-state index is 11.6. The Balaban J connectivity index is 0.000000202. The summed E-state index contributed by atoms with van der Waals surface area (Å²) in [5.41, 5.74) is 1.20. The van der Waals surface area contributed by atoms with Crippen LogP contribution in [0.5, 0.6) is 0 Å². The lowest BCUT2D eigenvalue weighted by atomic mass is 9.83. The highest BCUT2D eigenvalue weighted by Gasteiger charge is 2.22. The van der Waals surface area contributed by atoms with Gasteiger partial charge < -0.3 is 4.81 Å². The largest absolute Gasteiger partial charge is 0.325 e. The van der Waals surface area contributed by atoms with Crippen LogP contribution in [0.15, 0.2) is 30.3 Å². The van der Waals surface area contributed by atoms with Crippen molar-refractivity contribution in [2.75, 3.05) is 6.61 Å². The molecule has 4 heteroatoms. The van der Waals surface area contributed by atoms with E-state index in [0.717, 1.165) is 39.7 Å². The van der Waals surface area contributed by atoms with Crippen molar-refractivity contribution in [1.29, 1.82) is 0 Å². The Kier molecular flexibility index (Phi) is 5.43. The number of carbonyl (C=O) groups is 1. The first kappa shape index (κ1) is 13.3. The molecule has 3 rings (SSSR count). The summed E-state index contributed by atoms with van der Waals surface area (Å²) in [4.78, 5) is 20.5. The number of benzene rings is 1. The molecule has 2 aliphatic rings. The smallest absolute Gasteiger partial charge is 0.310 e. The summed E-state index contributed by atoms with van der Waals surface area (Å²) >= 11 is 0. The number of carbonyl (C=O) groups excluding carboxylic acids is 1. The van der Waals surface area contributed by atoms with Crippen LogP contribution in [0, 0.1) is 0 Å². The molecule has 1 aliphatic carbocycles. The van der Waals surface area contributed by atoms with E-state index in [2.05, 4.69) is 21.8 Å². The van der Waals surface area contributed by atoms with Crippen molar-refractivity contribution < 1.29 is 14.5 Å². The van der Waals surface area contributed by atoms with Crippen molar-refractivity contribution in [3.05, 3.63) is 35.9 Å². The lowest BCUT2D eigenvalue weighted by molar-refractivity contribution is -0.181. The highest BCUT2D eigenvalue weighted by Crippen LogP contribution is 2.29. The molecule has 0 spiro atoms. The molecule has 1 aromatic rings. The molecule has 1 aromatic carbocycles. The fourth-order valence-electron chi connectivity index (χ4n) is 2.32. The molecule has 96 valence electrons. The summed E-state index contributed by atoms with van der Waals surface area (Å²) in [6.07, 6.45) is 5.16. The van der Waals surface area contributed by atoms with E-state index >= 15 is 0 Å². The van der Waals surface area contributed by atoms with Crippen LogP contribution in [0.1, 0.15) is 37.2 Å². The Morgan fingerprint density at radius 3 is 2.56 bits per heavy atom. The van der Waals surface area contributed by atoms with Gasteiger partial charge in [0, 0.05) is 12.3 Å². The quantitative estimate of drug-likeness (QED) is 0.564. The lowest BCUT2D eigenvalue weighted by Crippen LogP contribution is -2.16. The minimum atomic E-state index is 0.190. The summed E-state index contributed by atoms with van der Waals surface area (Å²) in [5, 5.41) is 0. The van der Waals surface area contributed by atoms with Crippen LogP contribution in [-0.4, -0.2) is 19.9 Å². The van der Waals surface area contributed by atoms with Crippen LogP contribution in [0.3, 0.4) is 0 Å². The molecule has 18 heavy (non-hydrogen) atoms. The van der Waals surface area contributed by atoms with E-state index in [-0.39, 0.29) is 5.92 Å². The summed E-state index contributed by atoms with van der Waals surface area (Å²) in [7, 11) is 0.778. The maximum Gasteiger partial charge on any atom is 0.325 e. The van der Waals surface area contributed by atoms with E-state index in [1.165, 1.54) is 12.0 Å². The Morgan fingerprint density at radius 1 is 1.17 bits per heavy atom. The monoisotopic (exact) mass is 246 g/mol. The zero-order chi connectivity index (χ0) is 12.6. The molecule has 1 heterocycles. The second-order valence-corrected chi connectivity index (χ2v) is 4.67. The van der Waals surface area contributed by atoms with Crippen LogP contribution in [0.25, 0.3) is 0 Å². The maximum atomic E-state index is 11.6. The number of rotatable bonds is 1. The highest BCUT2D eigenvalue weighted by atomic mass is 17.2. The van der Waals surface area contributed by atoms with Crippen molar-refractivity contribution in [3.63, 3.8) is 0 Å². The predicted molar refractivity (Wildman–Crippen MR) is 71.7 cm³/mol. The van der Waals surface area contributed by atoms with Gasteiger partial charge in [-0.1, -0.05) is 36.8 Å². The van der Waals surface area contributed by atoms with Gasteiger partial charge in [-0.15, -0.1) is 0 Å². The average Bonchev–Trinajstić information content (AvgIpc) is 2.99. The molecule has 0 amide bonds. The highest BCUT2D eigenvalue weighted by molar-refractivity contribution is 6.27. The Bertz CT molecular complexity index is 355. The first-order chi connectivity index (χ1) is 8.88. The molecule has 0 radical (unpaired) electrons. The summed E-state index contributed by atoms with van der Waals surface area (Å²) < 4.78 is 0. The zero-order valence-electron chi connectivity index (χ0n) is 10.6. The van der Waals surface area contributed by atoms with E-state index in [1.807, 2.05) is 18.2 Å². The molecule has 1 saturated heterocycles. The van der Waals surface area contributed by atoms with Crippen LogP contribution in [-0.2, 0) is 14.5 Å². The zero-order valence-corrected chi connectivity index (χ0v) is 10.6. The van der Waals surface area contributed by atoms with Crippen molar-refractivity contribution in [1.82, 2.24) is 0 Å². The molecule has 3 nitrogen and oxygen atoms in total. The van der Waals surface area contributed by atoms with Gasteiger partial charge in [-0.2, -0.15) is 0 Å². The average molecular weight is 246 g/mol. The van der Waals surface area contributed by atoms with Crippen molar-refractivity contribution >= 4 is 13.3 Å². The third-order valence-electron chi connectivity index (χ3n) is 3.30. The van der Waals surface area contributed by atoms with E-state index in [1.54, 1.807) is 0 Å². The summed E-state index contributed by atoms with van der Waals surface area (Å²) in [5.74, 6) is 0.618. The molecule has 1 aliphatic heterocycles. The first-order valence-corrected chi connectivity index (χ1v) is 6.70. The fraction of sp³-hybridized carbons (Fsp3) is 0.500. The van der Waals surface area contributed by atoms with Gasteiger partial charge in [-0.05, 0) is 24.7 Å². The normalized spacial score (nSPS) is 22.9. The van der Waals surface area contributed by atoms with Gasteiger partial charge in [0.05, 0.1) is 6.61 Å². The molecule has 2 fully saturated rings. The van der Waals surface area contributed by atoms with Crippen LogP contribution >= 0.6 is 0 Å². The van der Waals surface area contributed by atoms with E-state index < -0.39 is 0 Å². The molecule has 1 saturated carbocycles. The molecule has 0 aromatic heterocycles. The van der Waals surface area contributed by atoms with Gasteiger partial charge in [0.1, 0.15) is 5.78 Å². The second-order valence-electron chi connectivity index (χ2n) is 4.67. The molecule has 1 atom stereocenters. The van der Waals surface area contributed by atoms with Gasteiger partial charge in [0.2, 0.25) is 0 Å². The van der Waals surface area contributed by atoms with E-state index in [4.69, 9.17) is 0 Å². The Hall–Kier alpha value is -1.13. The van der Waals surface area contributed by atoms with Crippen molar-refractivity contribution in [3.8, 4) is 0 Å². The Labute approximate surface area is 109 Å². The van der Waals surface area contributed by atoms with Crippen molar-refractivity contribution in [2.45, 2.75) is 37.9 Å². The van der Waals surface area contributed by atoms with Gasteiger partial charge >= 0.3 is 7.48 Å². The fourth-order valence-corrected chi connectivity index (χ4v) is 2.32. The van der Waals surface area contributed by atoms with Gasteiger partial charge in [-0.25, -0.2) is 0 Å². The topological polar surface area (TPSA) is 35.5 Å². The SMILES string of the molecule is B1CCOO1.O=C1CCCCC1c1ccccc1. The summed E-state index contributed by atoms with van der Waals surface area (Å²) in [6.45, 7) is 0.778.